The van der Waals surface area contributed by atoms with E-state index in [9.17, 15) is 8.42 Å². The number of anilines is 3. The summed E-state index contributed by atoms with van der Waals surface area (Å²) in [6.45, 7) is 15.1. The fourth-order valence-corrected chi connectivity index (χ4v) is 6.75. The number of hydrogen-bond donors (Lipinski definition) is 4. The number of likely N-dealkylation sites (tertiary alicyclic amines) is 1. The van der Waals surface area contributed by atoms with Crippen molar-refractivity contribution in [1.29, 1.82) is 0 Å². The molecule has 1 saturated heterocycles. The van der Waals surface area contributed by atoms with Gasteiger partial charge in [0.25, 0.3) is 0 Å². The molecule has 42 heavy (non-hydrogen) atoms. The molecule has 1 fully saturated rings. The molecule has 12 heteroatoms. The molecule has 2 aliphatic rings. The van der Waals surface area contributed by atoms with Gasteiger partial charge in [-0.25, -0.2) is 13.4 Å². The predicted octanol–water partition coefficient (Wildman–Crippen LogP) is 5.29. The molecule has 3 aromatic rings. The van der Waals surface area contributed by atoms with Gasteiger partial charge in [0.2, 0.25) is 5.96 Å². The number of sulfone groups is 1. The third-order valence-corrected chi connectivity index (χ3v) is 10.1. The summed E-state index contributed by atoms with van der Waals surface area (Å²) in [7, 11) is -3.53. The molecule has 2 aliphatic heterocycles. The van der Waals surface area contributed by atoms with Crippen LogP contribution < -0.4 is 20.7 Å². The third kappa shape index (κ3) is 6.24. The van der Waals surface area contributed by atoms with Gasteiger partial charge in [0.15, 0.2) is 27.5 Å². The molecule has 226 valence electrons. The van der Waals surface area contributed by atoms with Crippen molar-refractivity contribution in [3.05, 3.63) is 53.2 Å². The lowest BCUT2D eigenvalue weighted by Crippen LogP contribution is -2.33. The van der Waals surface area contributed by atoms with E-state index < -0.39 is 21.3 Å². The Morgan fingerprint density at radius 3 is 2.50 bits per heavy atom. The number of hydrogen-bond acceptors (Lipinski definition) is 10. The van der Waals surface area contributed by atoms with E-state index in [2.05, 4.69) is 62.2 Å². The molecule has 0 aliphatic carbocycles. The molecule has 2 aromatic carbocycles. The second kappa shape index (κ2) is 12.3. The van der Waals surface area contributed by atoms with Crippen molar-refractivity contribution in [1.82, 2.24) is 20.3 Å². The Labute approximate surface area is 248 Å². The first kappa shape index (κ1) is 29.8. The normalized spacial score (nSPS) is 18.0. The molecule has 4 N–H and O–H groups in total. The maximum atomic E-state index is 13.1. The summed E-state index contributed by atoms with van der Waals surface area (Å²) < 4.78 is 32.4. The van der Waals surface area contributed by atoms with Crippen LogP contribution in [0.1, 0.15) is 76.4 Å². The summed E-state index contributed by atoms with van der Waals surface area (Å²) in [6.07, 6.45) is 1.56. The van der Waals surface area contributed by atoms with Gasteiger partial charge in [-0.2, -0.15) is 10.3 Å². The van der Waals surface area contributed by atoms with Crippen LogP contribution in [0.5, 0.6) is 5.75 Å². The van der Waals surface area contributed by atoms with Crippen molar-refractivity contribution in [3.63, 3.8) is 0 Å². The molecule has 0 radical (unpaired) electrons. The minimum Gasteiger partial charge on any atom is -0.489 e. The topological polar surface area (TPSA) is 137 Å². The summed E-state index contributed by atoms with van der Waals surface area (Å²) in [5, 5.41) is 20.5. The number of aryl methyl sites for hydroxylation is 1. The van der Waals surface area contributed by atoms with E-state index in [0.29, 0.717) is 29.1 Å². The van der Waals surface area contributed by atoms with Gasteiger partial charge in [-0.1, -0.05) is 19.1 Å². The molecule has 11 nitrogen and oxygen atoms in total. The quantitative estimate of drug-likeness (QED) is 0.261. The molecule has 0 amide bonds. The minimum atomic E-state index is -3.53. The van der Waals surface area contributed by atoms with Crippen LogP contribution in [0.25, 0.3) is 0 Å². The summed E-state index contributed by atoms with van der Waals surface area (Å²) >= 11 is 0. The van der Waals surface area contributed by atoms with E-state index in [-0.39, 0.29) is 11.0 Å². The maximum absolute atomic E-state index is 13.1. The molecule has 0 spiro atoms. The minimum absolute atomic E-state index is 0.0136. The number of nitrogens with zero attached hydrogens (tertiary/aromatic N) is 4. The molecule has 1 atom stereocenters. The summed E-state index contributed by atoms with van der Waals surface area (Å²) in [5.74, 6) is 2.19. The second-order valence-electron chi connectivity index (χ2n) is 11.5. The SMILES string of the molecule is CCN1CCC(c2cc(OC(C)C)c(NC3=NC(Nc4ccccc4S(=O)(=O)C(C)C)c4n[nH]nc4N3)cc2C)CC1. The highest BCUT2D eigenvalue weighted by atomic mass is 32.2. The highest BCUT2D eigenvalue weighted by Gasteiger charge is 2.30. The van der Waals surface area contributed by atoms with Crippen LogP contribution in [0.2, 0.25) is 0 Å². The Kier molecular flexibility index (Phi) is 8.74. The molecule has 0 saturated carbocycles. The molecule has 1 aromatic heterocycles. The van der Waals surface area contributed by atoms with Gasteiger partial charge < -0.3 is 25.6 Å². The van der Waals surface area contributed by atoms with Crippen molar-refractivity contribution in [2.24, 2.45) is 4.99 Å². The van der Waals surface area contributed by atoms with Gasteiger partial charge in [-0.05, 0) is 108 Å². The van der Waals surface area contributed by atoms with E-state index in [1.165, 1.54) is 11.1 Å². The Morgan fingerprint density at radius 1 is 1.07 bits per heavy atom. The number of fused-ring (bicyclic) bond motifs is 1. The number of piperidine rings is 1. The van der Waals surface area contributed by atoms with E-state index >= 15 is 0 Å². The third-order valence-electron chi connectivity index (χ3n) is 7.89. The average Bonchev–Trinajstić information content (AvgIpc) is 3.43. The monoisotopic (exact) mass is 594 g/mol. The van der Waals surface area contributed by atoms with Crippen molar-refractivity contribution in [3.8, 4) is 5.75 Å². The smallest absolute Gasteiger partial charge is 0.204 e. The largest absolute Gasteiger partial charge is 0.489 e. The molecule has 1 unspecified atom stereocenters. The number of aromatic nitrogens is 3. The molecular weight excluding hydrogens is 552 g/mol. The number of ether oxygens (including phenoxy) is 1. The maximum Gasteiger partial charge on any atom is 0.204 e. The standard InChI is InChI=1S/C30H42N8O3S/c1-7-38-14-12-21(13-15-38)22-17-25(41-18(2)3)24(16-20(22)6)32-30-33-28(27-29(34-30)36-37-35-27)31-23-10-8-9-11-26(23)42(39,40)19(4)5/h8-11,16-19,21,28,31H,7,12-15H2,1-6H3,(H3,32,33,34,35,36,37). The van der Waals surface area contributed by atoms with Crippen LogP contribution in [0, 0.1) is 6.92 Å². The number of para-hydroxylation sites is 1. The average molecular weight is 595 g/mol. The summed E-state index contributed by atoms with van der Waals surface area (Å²) in [5.41, 5.74) is 4.29. The van der Waals surface area contributed by atoms with Crippen LogP contribution in [0.4, 0.5) is 17.2 Å². The fourth-order valence-electron chi connectivity index (χ4n) is 5.54. The number of aliphatic imine (C=N–C) groups is 1. The lowest BCUT2D eigenvalue weighted by Gasteiger charge is -2.32. The predicted molar refractivity (Wildman–Crippen MR) is 167 cm³/mol. The van der Waals surface area contributed by atoms with Gasteiger partial charge >= 0.3 is 0 Å². The highest BCUT2D eigenvalue weighted by Crippen LogP contribution is 2.38. The Balaban J connectivity index is 1.45. The van der Waals surface area contributed by atoms with E-state index in [0.717, 1.165) is 43.9 Å². The number of guanidine groups is 1. The number of nitrogens with one attached hydrogen (secondary N) is 4. The van der Waals surface area contributed by atoms with Crippen LogP contribution in [-0.4, -0.2) is 65.7 Å². The number of aromatic amines is 1. The Bertz CT molecular complexity index is 1540. The van der Waals surface area contributed by atoms with Gasteiger partial charge in [-0.15, -0.1) is 5.10 Å². The Morgan fingerprint density at radius 2 is 1.81 bits per heavy atom. The van der Waals surface area contributed by atoms with Crippen LogP contribution in [0.15, 0.2) is 46.3 Å². The van der Waals surface area contributed by atoms with Gasteiger partial charge in [0.1, 0.15) is 5.75 Å². The zero-order chi connectivity index (χ0) is 30.0. The molecule has 5 rings (SSSR count). The van der Waals surface area contributed by atoms with Crippen LogP contribution in [0.3, 0.4) is 0 Å². The zero-order valence-corrected chi connectivity index (χ0v) is 26.0. The lowest BCUT2D eigenvalue weighted by atomic mass is 9.86. The van der Waals surface area contributed by atoms with E-state index in [1.54, 1.807) is 38.1 Å². The first-order valence-electron chi connectivity index (χ1n) is 14.7. The van der Waals surface area contributed by atoms with Gasteiger partial charge in [0, 0.05) is 0 Å². The van der Waals surface area contributed by atoms with Crippen molar-refractivity contribution >= 4 is 33.0 Å². The van der Waals surface area contributed by atoms with Crippen molar-refractivity contribution < 1.29 is 13.2 Å². The fraction of sp³-hybridized carbons (Fsp3) is 0.500. The number of H-pyrrole nitrogens is 1. The Hall–Kier alpha value is -3.64. The first-order valence-corrected chi connectivity index (χ1v) is 16.3. The molecule has 3 heterocycles. The summed E-state index contributed by atoms with van der Waals surface area (Å²) in [4.78, 5) is 7.56. The van der Waals surface area contributed by atoms with E-state index in [4.69, 9.17) is 9.73 Å². The second-order valence-corrected chi connectivity index (χ2v) is 14.0. The lowest BCUT2D eigenvalue weighted by molar-refractivity contribution is 0.221. The molecule has 0 bridgehead atoms. The summed E-state index contributed by atoms with van der Waals surface area (Å²) in [6, 6.07) is 11.2. The van der Waals surface area contributed by atoms with Gasteiger partial charge in [-0.3, -0.25) is 0 Å². The number of rotatable bonds is 9. The van der Waals surface area contributed by atoms with Crippen LogP contribution >= 0.6 is 0 Å². The highest BCUT2D eigenvalue weighted by molar-refractivity contribution is 7.92. The van der Waals surface area contributed by atoms with Crippen molar-refractivity contribution in [2.75, 3.05) is 35.6 Å². The first-order chi connectivity index (χ1) is 20.1. The van der Waals surface area contributed by atoms with Crippen LogP contribution in [-0.2, 0) is 9.84 Å². The van der Waals surface area contributed by atoms with E-state index in [1.807, 2.05) is 13.8 Å². The molecular formula is C30H42N8O3S. The zero-order valence-electron chi connectivity index (χ0n) is 25.2. The van der Waals surface area contributed by atoms with Gasteiger partial charge in [0.05, 0.1) is 27.6 Å². The van der Waals surface area contributed by atoms with Crippen molar-refractivity contribution in [2.45, 2.75) is 82.7 Å². The number of benzene rings is 2.